The predicted molar refractivity (Wildman–Crippen MR) is 62.5 cm³/mol. The lowest BCUT2D eigenvalue weighted by Crippen LogP contribution is -2.43. The van der Waals surface area contributed by atoms with Crippen LogP contribution in [0.15, 0.2) is 0 Å². The van der Waals surface area contributed by atoms with Crippen molar-refractivity contribution in [2.24, 2.45) is 5.41 Å². The van der Waals surface area contributed by atoms with E-state index >= 15 is 0 Å². The molecule has 1 aliphatic rings. The monoisotopic (exact) mass is 229 g/mol. The Morgan fingerprint density at radius 1 is 1.44 bits per heavy atom. The van der Waals surface area contributed by atoms with Crippen LogP contribution in [0, 0.1) is 5.41 Å². The summed E-state index contributed by atoms with van der Waals surface area (Å²) >= 11 is 0. The Morgan fingerprint density at radius 2 is 2.12 bits per heavy atom. The minimum atomic E-state index is -0.192. The first-order valence-corrected chi connectivity index (χ1v) is 6.02. The van der Waals surface area contributed by atoms with Crippen LogP contribution < -0.4 is 0 Å². The van der Waals surface area contributed by atoms with Gasteiger partial charge in [-0.25, -0.2) is 0 Å². The molecule has 0 atom stereocenters. The Hall–Kier alpha value is -0.450. The van der Waals surface area contributed by atoms with E-state index in [-0.39, 0.29) is 5.41 Å². The Bertz CT molecular complexity index is 202. The largest absolute Gasteiger partial charge is 0.383 e. The number of carbonyl (C=O) groups is 1. The zero-order valence-electron chi connectivity index (χ0n) is 10.4. The van der Waals surface area contributed by atoms with Crippen LogP contribution in [-0.2, 0) is 14.3 Å². The summed E-state index contributed by atoms with van der Waals surface area (Å²) in [5.41, 5.74) is -0.192. The second kappa shape index (κ2) is 6.99. The van der Waals surface area contributed by atoms with Crippen molar-refractivity contribution in [1.29, 1.82) is 0 Å². The molecular formula is C12H23NO3. The molecule has 0 spiro atoms. The molecule has 0 aliphatic carbocycles. The number of carbonyl (C=O) groups excluding carboxylic acids is 1. The Balaban J connectivity index is 2.48. The lowest BCUT2D eigenvalue weighted by atomic mass is 9.81. The predicted octanol–water partition coefficient (Wildman–Crippen LogP) is 0.950. The summed E-state index contributed by atoms with van der Waals surface area (Å²) in [5, 5.41) is 0. The Kier molecular flexibility index (Phi) is 5.95. The molecule has 94 valence electrons. The van der Waals surface area contributed by atoms with Crippen LogP contribution in [0.25, 0.3) is 0 Å². The molecule has 1 heterocycles. The molecule has 0 saturated carbocycles. The minimum Gasteiger partial charge on any atom is -0.383 e. The molecule has 0 aromatic carbocycles. The SMILES string of the molecule is CCN(CCOC)CC1(C=O)CCOCC1. The van der Waals surface area contributed by atoms with Crippen molar-refractivity contribution in [3.05, 3.63) is 0 Å². The van der Waals surface area contributed by atoms with Crippen LogP contribution in [0.1, 0.15) is 19.8 Å². The van der Waals surface area contributed by atoms with Gasteiger partial charge in [0, 0.05) is 38.8 Å². The summed E-state index contributed by atoms with van der Waals surface area (Å²) in [4.78, 5) is 13.6. The van der Waals surface area contributed by atoms with Gasteiger partial charge in [-0.15, -0.1) is 0 Å². The fraction of sp³-hybridized carbons (Fsp3) is 0.917. The summed E-state index contributed by atoms with van der Waals surface area (Å²) in [6, 6.07) is 0. The molecule has 4 heteroatoms. The number of rotatable bonds is 7. The number of aldehydes is 1. The van der Waals surface area contributed by atoms with Crippen LogP contribution in [0.4, 0.5) is 0 Å². The van der Waals surface area contributed by atoms with E-state index in [0.717, 1.165) is 45.4 Å². The minimum absolute atomic E-state index is 0.192. The fourth-order valence-electron chi connectivity index (χ4n) is 2.11. The van der Waals surface area contributed by atoms with Gasteiger partial charge in [-0.1, -0.05) is 6.92 Å². The number of nitrogens with zero attached hydrogens (tertiary/aromatic N) is 1. The van der Waals surface area contributed by atoms with Gasteiger partial charge >= 0.3 is 0 Å². The molecule has 0 N–H and O–H groups in total. The van der Waals surface area contributed by atoms with Gasteiger partial charge in [0.15, 0.2) is 0 Å². The maximum absolute atomic E-state index is 11.3. The average Bonchev–Trinajstić information content (AvgIpc) is 2.35. The second-order valence-electron chi connectivity index (χ2n) is 4.45. The molecule has 4 nitrogen and oxygen atoms in total. The Morgan fingerprint density at radius 3 is 2.62 bits per heavy atom. The Labute approximate surface area is 97.9 Å². The summed E-state index contributed by atoms with van der Waals surface area (Å²) in [5.74, 6) is 0. The standard InChI is InChI=1S/C12H23NO3/c1-3-13(6-9-15-2)10-12(11-14)4-7-16-8-5-12/h11H,3-10H2,1-2H3. The van der Waals surface area contributed by atoms with Crippen LogP contribution >= 0.6 is 0 Å². The molecule has 0 amide bonds. The lowest BCUT2D eigenvalue weighted by Gasteiger charge is -2.36. The molecule has 16 heavy (non-hydrogen) atoms. The van der Waals surface area contributed by atoms with Crippen molar-refractivity contribution < 1.29 is 14.3 Å². The molecule has 0 unspecified atom stereocenters. The maximum atomic E-state index is 11.3. The van der Waals surface area contributed by atoms with Crippen LogP contribution in [0.5, 0.6) is 0 Å². The second-order valence-corrected chi connectivity index (χ2v) is 4.45. The van der Waals surface area contributed by atoms with E-state index in [1.807, 2.05) is 0 Å². The third-order valence-corrected chi connectivity index (χ3v) is 3.34. The van der Waals surface area contributed by atoms with E-state index in [4.69, 9.17) is 9.47 Å². The highest BCUT2D eigenvalue weighted by Gasteiger charge is 2.33. The molecular weight excluding hydrogens is 206 g/mol. The molecule has 0 bridgehead atoms. The molecule has 0 aromatic rings. The van der Waals surface area contributed by atoms with Gasteiger partial charge in [0.25, 0.3) is 0 Å². The van der Waals surface area contributed by atoms with Crippen LogP contribution in [-0.4, -0.2) is 57.8 Å². The number of likely N-dealkylation sites (N-methyl/N-ethyl adjacent to an activating group) is 1. The maximum Gasteiger partial charge on any atom is 0.127 e. The molecule has 1 fully saturated rings. The number of hydrogen-bond acceptors (Lipinski definition) is 4. The van der Waals surface area contributed by atoms with Gasteiger partial charge in [0.1, 0.15) is 6.29 Å². The van der Waals surface area contributed by atoms with Crippen LogP contribution in [0.2, 0.25) is 0 Å². The van der Waals surface area contributed by atoms with E-state index in [0.29, 0.717) is 13.2 Å². The topological polar surface area (TPSA) is 38.8 Å². The highest BCUT2D eigenvalue weighted by atomic mass is 16.5. The van der Waals surface area contributed by atoms with Crippen molar-refractivity contribution in [1.82, 2.24) is 4.90 Å². The third kappa shape index (κ3) is 3.85. The first-order valence-electron chi connectivity index (χ1n) is 6.02. The number of methoxy groups -OCH3 is 1. The van der Waals surface area contributed by atoms with Crippen molar-refractivity contribution in [2.75, 3.05) is 46.6 Å². The van der Waals surface area contributed by atoms with E-state index in [1.54, 1.807) is 7.11 Å². The summed E-state index contributed by atoms with van der Waals surface area (Å²) < 4.78 is 10.4. The highest BCUT2D eigenvalue weighted by molar-refractivity contribution is 5.60. The number of ether oxygens (including phenoxy) is 2. The third-order valence-electron chi connectivity index (χ3n) is 3.34. The molecule has 1 rings (SSSR count). The van der Waals surface area contributed by atoms with Crippen molar-refractivity contribution >= 4 is 6.29 Å². The van der Waals surface area contributed by atoms with Crippen LogP contribution in [0.3, 0.4) is 0 Å². The molecule has 1 saturated heterocycles. The zero-order valence-corrected chi connectivity index (χ0v) is 10.4. The highest BCUT2D eigenvalue weighted by Crippen LogP contribution is 2.29. The van der Waals surface area contributed by atoms with Gasteiger partial charge in [-0.3, -0.25) is 0 Å². The van der Waals surface area contributed by atoms with Gasteiger partial charge in [-0.2, -0.15) is 0 Å². The van der Waals surface area contributed by atoms with Gasteiger partial charge in [-0.05, 0) is 19.4 Å². The van der Waals surface area contributed by atoms with E-state index < -0.39 is 0 Å². The number of hydrogen-bond donors (Lipinski definition) is 0. The van der Waals surface area contributed by atoms with E-state index in [9.17, 15) is 4.79 Å². The van der Waals surface area contributed by atoms with Crippen molar-refractivity contribution in [3.63, 3.8) is 0 Å². The average molecular weight is 229 g/mol. The smallest absolute Gasteiger partial charge is 0.127 e. The first-order chi connectivity index (χ1) is 7.76. The van der Waals surface area contributed by atoms with E-state index in [1.165, 1.54) is 0 Å². The summed E-state index contributed by atoms with van der Waals surface area (Å²) in [7, 11) is 1.71. The van der Waals surface area contributed by atoms with Gasteiger partial charge in [0.2, 0.25) is 0 Å². The summed E-state index contributed by atoms with van der Waals surface area (Å²) in [6.07, 6.45) is 2.82. The van der Waals surface area contributed by atoms with Gasteiger partial charge in [0.05, 0.1) is 6.61 Å². The molecule has 0 radical (unpaired) electrons. The van der Waals surface area contributed by atoms with E-state index in [2.05, 4.69) is 11.8 Å². The van der Waals surface area contributed by atoms with Crippen molar-refractivity contribution in [2.45, 2.75) is 19.8 Å². The molecule has 1 aliphatic heterocycles. The zero-order chi connectivity index (χ0) is 11.9. The molecule has 0 aromatic heterocycles. The van der Waals surface area contributed by atoms with Crippen molar-refractivity contribution in [3.8, 4) is 0 Å². The first kappa shape index (κ1) is 13.6. The normalized spacial score (nSPS) is 19.9. The fourth-order valence-corrected chi connectivity index (χ4v) is 2.11. The quantitative estimate of drug-likeness (QED) is 0.609. The summed E-state index contributed by atoms with van der Waals surface area (Å²) in [6.45, 7) is 6.94. The van der Waals surface area contributed by atoms with Gasteiger partial charge < -0.3 is 19.2 Å². The lowest BCUT2D eigenvalue weighted by molar-refractivity contribution is -0.123.